The van der Waals surface area contributed by atoms with Gasteiger partial charge in [0.05, 0.1) is 16.6 Å². The van der Waals surface area contributed by atoms with Gasteiger partial charge in [0.15, 0.2) is 0 Å². The van der Waals surface area contributed by atoms with Crippen molar-refractivity contribution in [2.45, 2.75) is 25.5 Å². The van der Waals surface area contributed by atoms with Crippen LogP contribution in [0, 0.1) is 18.8 Å². The Hall–Kier alpha value is -3.31. The molecule has 2 aromatic rings. The van der Waals surface area contributed by atoms with Gasteiger partial charge in [-0.15, -0.1) is 11.8 Å². The van der Waals surface area contributed by atoms with Crippen molar-refractivity contribution in [3.8, 4) is 17.6 Å². The van der Waals surface area contributed by atoms with E-state index in [-0.39, 0.29) is 11.2 Å². The third-order valence-electron chi connectivity index (χ3n) is 4.41. The van der Waals surface area contributed by atoms with Crippen LogP contribution in [0.25, 0.3) is 4.91 Å². The van der Waals surface area contributed by atoms with E-state index in [1.165, 1.54) is 0 Å². The zero-order chi connectivity index (χ0) is 20.4. The number of aryl methyl sites for hydroxylation is 1. The number of carbonyl (C=O) groups excluding carboxylic acids is 1. The summed E-state index contributed by atoms with van der Waals surface area (Å²) in [4.78, 5) is 21.1. The summed E-state index contributed by atoms with van der Waals surface area (Å²) in [6.45, 7) is 3.81. The molecule has 1 aliphatic carbocycles. The van der Waals surface area contributed by atoms with E-state index >= 15 is 0 Å². The van der Waals surface area contributed by atoms with Crippen LogP contribution in [0.2, 0.25) is 0 Å². The van der Waals surface area contributed by atoms with Crippen LogP contribution in [0.15, 0.2) is 51.9 Å². The lowest BCUT2D eigenvalue weighted by Gasteiger charge is -2.11. The first-order valence-corrected chi connectivity index (χ1v) is 9.87. The number of ether oxygens (including phenoxy) is 1. The summed E-state index contributed by atoms with van der Waals surface area (Å²) in [6.07, 6.45) is 5.96. The number of hydrogen-bond donors (Lipinski definition) is 1. The second kappa shape index (κ2) is 7.97. The lowest BCUT2D eigenvalue weighted by molar-refractivity contribution is 0.0957. The topological polar surface area (TPSA) is 90.1 Å². The van der Waals surface area contributed by atoms with E-state index in [2.05, 4.69) is 32.3 Å². The Kier molecular flexibility index (Phi) is 5.23. The zero-order valence-electron chi connectivity index (χ0n) is 16.1. The van der Waals surface area contributed by atoms with E-state index in [1.54, 1.807) is 44.1 Å². The molecule has 0 bridgehead atoms. The molecule has 2 aromatic heterocycles. The standard InChI is InChI=1S/C21H18N4O3S/c1-12-16-8-7-14(27-15-9-10-23-17(11-15)21(26)22-3)5-4-6-18(16)29-19(12)20-24-13(2)28-25-20/h7-11,18H,5H2,1-3H3,(H,22,26)/b14-7+,16-8-. The van der Waals surface area contributed by atoms with Crippen LogP contribution >= 0.6 is 11.8 Å². The molecule has 1 aliphatic heterocycles. The summed E-state index contributed by atoms with van der Waals surface area (Å²) in [5.74, 6) is 8.58. The summed E-state index contributed by atoms with van der Waals surface area (Å²) in [5, 5.41) is 6.62. The number of thioether (sulfide) groups is 1. The Bertz CT molecular complexity index is 1130. The van der Waals surface area contributed by atoms with Crippen LogP contribution in [0.4, 0.5) is 0 Å². The van der Waals surface area contributed by atoms with Gasteiger partial charge in [0.2, 0.25) is 11.7 Å². The fourth-order valence-electron chi connectivity index (χ4n) is 2.95. The zero-order valence-corrected chi connectivity index (χ0v) is 17.0. The first kappa shape index (κ1) is 19.0. The molecule has 1 atom stereocenters. The number of allylic oxidation sites excluding steroid dienone is 4. The molecule has 1 N–H and O–H groups in total. The van der Waals surface area contributed by atoms with Gasteiger partial charge in [-0.05, 0) is 30.2 Å². The molecule has 1 amide bonds. The molecule has 146 valence electrons. The Balaban J connectivity index is 1.60. The van der Waals surface area contributed by atoms with Gasteiger partial charge in [-0.2, -0.15) is 4.98 Å². The normalized spacial score (nSPS) is 21.6. The van der Waals surface area contributed by atoms with E-state index in [9.17, 15) is 4.79 Å². The highest BCUT2D eigenvalue weighted by Crippen LogP contribution is 2.46. The quantitative estimate of drug-likeness (QED) is 0.779. The Morgan fingerprint density at radius 1 is 1.38 bits per heavy atom. The molecule has 7 nitrogen and oxygen atoms in total. The van der Waals surface area contributed by atoms with E-state index in [0.29, 0.717) is 35.3 Å². The van der Waals surface area contributed by atoms with Crippen molar-refractivity contribution in [2.75, 3.05) is 7.05 Å². The van der Waals surface area contributed by atoms with Crippen LogP contribution in [0.5, 0.6) is 5.75 Å². The van der Waals surface area contributed by atoms with E-state index < -0.39 is 0 Å². The number of pyridine rings is 1. The Labute approximate surface area is 172 Å². The molecule has 3 heterocycles. The second-order valence-electron chi connectivity index (χ2n) is 6.40. The molecule has 0 spiro atoms. The number of fused-ring (bicyclic) bond motifs is 1. The molecule has 4 rings (SSSR count). The monoisotopic (exact) mass is 406 g/mol. The van der Waals surface area contributed by atoms with Crippen molar-refractivity contribution < 1.29 is 14.1 Å². The Morgan fingerprint density at radius 2 is 2.24 bits per heavy atom. The van der Waals surface area contributed by atoms with Gasteiger partial charge in [0.1, 0.15) is 17.2 Å². The molecular formula is C21H18N4O3S. The summed E-state index contributed by atoms with van der Waals surface area (Å²) in [5.41, 5.74) is 2.48. The van der Waals surface area contributed by atoms with Crippen LogP contribution in [-0.4, -0.2) is 33.3 Å². The molecule has 29 heavy (non-hydrogen) atoms. The van der Waals surface area contributed by atoms with Crippen molar-refractivity contribution in [3.63, 3.8) is 0 Å². The van der Waals surface area contributed by atoms with Gasteiger partial charge in [0.25, 0.3) is 5.91 Å². The van der Waals surface area contributed by atoms with Gasteiger partial charge in [-0.1, -0.05) is 23.1 Å². The van der Waals surface area contributed by atoms with Crippen molar-refractivity contribution in [1.29, 1.82) is 0 Å². The smallest absolute Gasteiger partial charge is 0.269 e. The maximum absolute atomic E-state index is 11.8. The number of nitrogens with zero attached hydrogens (tertiary/aromatic N) is 3. The fraction of sp³-hybridized carbons (Fsp3) is 0.238. The molecule has 0 radical (unpaired) electrons. The molecule has 0 saturated carbocycles. The van der Waals surface area contributed by atoms with Crippen molar-refractivity contribution >= 4 is 22.6 Å². The predicted molar refractivity (Wildman–Crippen MR) is 110 cm³/mol. The van der Waals surface area contributed by atoms with Crippen LogP contribution in [0.1, 0.15) is 35.5 Å². The molecule has 0 aromatic carbocycles. The van der Waals surface area contributed by atoms with Gasteiger partial charge in [0, 0.05) is 26.2 Å². The fourth-order valence-corrected chi connectivity index (χ4v) is 4.19. The molecule has 1 unspecified atom stereocenters. The van der Waals surface area contributed by atoms with E-state index in [0.717, 1.165) is 16.1 Å². The van der Waals surface area contributed by atoms with Crippen molar-refractivity contribution in [2.24, 2.45) is 0 Å². The summed E-state index contributed by atoms with van der Waals surface area (Å²) in [6, 6.07) is 3.32. The number of carbonyl (C=O) groups is 1. The molecule has 0 fully saturated rings. The average molecular weight is 406 g/mol. The number of aromatic nitrogens is 3. The highest BCUT2D eigenvalue weighted by Gasteiger charge is 2.30. The maximum atomic E-state index is 11.8. The summed E-state index contributed by atoms with van der Waals surface area (Å²) in [7, 11) is 1.56. The summed E-state index contributed by atoms with van der Waals surface area (Å²) < 4.78 is 11.1. The van der Waals surface area contributed by atoms with Crippen molar-refractivity contribution in [1.82, 2.24) is 20.4 Å². The minimum atomic E-state index is -0.264. The minimum Gasteiger partial charge on any atom is -0.461 e. The van der Waals surface area contributed by atoms with E-state index in [1.807, 2.05) is 19.1 Å². The number of hydrogen-bond acceptors (Lipinski definition) is 7. The number of amides is 1. The van der Waals surface area contributed by atoms with Gasteiger partial charge in [-0.3, -0.25) is 9.78 Å². The lowest BCUT2D eigenvalue weighted by Crippen LogP contribution is -2.19. The third-order valence-corrected chi connectivity index (χ3v) is 5.74. The molecular weight excluding hydrogens is 388 g/mol. The lowest BCUT2D eigenvalue weighted by atomic mass is 10.0. The minimum absolute atomic E-state index is 0.0300. The Morgan fingerprint density at radius 3 is 3.00 bits per heavy atom. The third kappa shape index (κ3) is 3.96. The van der Waals surface area contributed by atoms with Gasteiger partial charge < -0.3 is 14.6 Å². The first-order valence-electron chi connectivity index (χ1n) is 8.99. The number of nitrogens with one attached hydrogen (secondary N) is 1. The average Bonchev–Trinajstić information content (AvgIpc) is 3.26. The number of rotatable bonds is 4. The molecule has 2 aliphatic rings. The highest BCUT2D eigenvalue weighted by molar-refractivity contribution is 8.09. The van der Waals surface area contributed by atoms with Crippen LogP contribution in [0.3, 0.4) is 0 Å². The van der Waals surface area contributed by atoms with Gasteiger partial charge >= 0.3 is 0 Å². The largest absolute Gasteiger partial charge is 0.461 e. The summed E-state index contributed by atoms with van der Waals surface area (Å²) >= 11 is 1.63. The highest BCUT2D eigenvalue weighted by atomic mass is 32.2. The van der Waals surface area contributed by atoms with E-state index in [4.69, 9.17) is 9.26 Å². The SMILES string of the molecule is CNC(=O)c1cc(O/C2=C/C=C3/C(C)=C(c4noc(C)n4)SC3C#CC2)ccn1. The van der Waals surface area contributed by atoms with Gasteiger partial charge in [-0.25, -0.2) is 0 Å². The van der Waals surface area contributed by atoms with Crippen LogP contribution in [-0.2, 0) is 0 Å². The predicted octanol–water partition coefficient (Wildman–Crippen LogP) is 3.28. The van der Waals surface area contributed by atoms with Crippen LogP contribution < -0.4 is 10.1 Å². The second-order valence-corrected chi connectivity index (χ2v) is 7.52. The molecule has 8 heteroatoms. The van der Waals surface area contributed by atoms with Crippen molar-refractivity contribution in [3.05, 3.63) is 64.8 Å². The first-order chi connectivity index (χ1) is 14.0. The molecule has 0 saturated heterocycles. The maximum Gasteiger partial charge on any atom is 0.269 e.